The minimum atomic E-state index is -0.475. The number of ether oxygens (including phenoxy) is 2. The lowest BCUT2D eigenvalue weighted by molar-refractivity contribution is -0.384. The molecule has 0 saturated carbocycles. The zero-order valence-corrected chi connectivity index (χ0v) is 16.9. The van der Waals surface area contributed by atoms with E-state index >= 15 is 0 Å². The third-order valence-electron chi connectivity index (χ3n) is 4.15. The van der Waals surface area contributed by atoms with E-state index in [1.807, 2.05) is 0 Å². The van der Waals surface area contributed by atoms with E-state index in [1.54, 1.807) is 38.3 Å². The van der Waals surface area contributed by atoms with Gasteiger partial charge in [-0.15, -0.1) is 0 Å². The highest BCUT2D eigenvalue weighted by Crippen LogP contribution is 2.39. The average Bonchev–Trinajstić information content (AvgIpc) is 2.95. The van der Waals surface area contributed by atoms with E-state index in [1.165, 1.54) is 42.0 Å². The number of benzene rings is 2. The SMILES string of the molecule is COc1ccc(/C=C2\SC(=S)N(c3ccc([N+](=O)[O-])cc3C)C2=O)c(OC)c1. The molecule has 1 aliphatic heterocycles. The lowest BCUT2D eigenvalue weighted by atomic mass is 10.1. The second-order valence-electron chi connectivity index (χ2n) is 5.85. The average molecular weight is 416 g/mol. The summed E-state index contributed by atoms with van der Waals surface area (Å²) in [5.74, 6) is 0.920. The van der Waals surface area contributed by atoms with Crippen molar-refractivity contribution in [3.05, 3.63) is 62.5 Å². The Kier molecular flexibility index (Phi) is 5.66. The smallest absolute Gasteiger partial charge is 0.270 e. The number of thiocarbonyl (C=S) groups is 1. The molecule has 0 N–H and O–H groups in total. The molecule has 0 spiro atoms. The molecule has 0 aliphatic carbocycles. The van der Waals surface area contributed by atoms with Crippen LogP contribution in [-0.4, -0.2) is 29.4 Å². The van der Waals surface area contributed by atoms with E-state index in [4.69, 9.17) is 21.7 Å². The van der Waals surface area contributed by atoms with Gasteiger partial charge in [0.15, 0.2) is 4.32 Å². The van der Waals surface area contributed by atoms with Crippen LogP contribution in [0.4, 0.5) is 11.4 Å². The van der Waals surface area contributed by atoms with E-state index < -0.39 is 4.92 Å². The number of rotatable bonds is 5. The van der Waals surface area contributed by atoms with Crippen LogP contribution < -0.4 is 14.4 Å². The highest BCUT2D eigenvalue weighted by atomic mass is 32.2. The number of anilines is 1. The van der Waals surface area contributed by atoms with Crippen molar-refractivity contribution >= 4 is 51.7 Å². The molecular weight excluding hydrogens is 400 g/mol. The summed E-state index contributed by atoms with van der Waals surface area (Å²) in [4.78, 5) is 25.3. The molecule has 2 aromatic carbocycles. The number of nitro groups is 1. The van der Waals surface area contributed by atoms with Crippen LogP contribution >= 0.6 is 24.0 Å². The van der Waals surface area contributed by atoms with Crippen LogP contribution in [0.1, 0.15) is 11.1 Å². The van der Waals surface area contributed by atoms with E-state index in [0.717, 1.165) is 0 Å². The minimum absolute atomic E-state index is 0.0368. The van der Waals surface area contributed by atoms with Gasteiger partial charge in [-0.3, -0.25) is 19.8 Å². The van der Waals surface area contributed by atoms with Crippen LogP contribution in [0.15, 0.2) is 41.3 Å². The first-order valence-electron chi connectivity index (χ1n) is 8.10. The first kappa shape index (κ1) is 19.8. The van der Waals surface area contributed by atoms with Gasteiger partial charge in [0.05, 0.1) is 29.7 Å². The van der Waals surface area contributed by atoms with Crippen LogP contribution in [0.3, 0.4) is 0 Å². The van der Waals surface area contributed by atoms with Crippen molar-refractivity contribution < 1.29 is 19.2 Å². The number of carbonyl (C=O) groups excluding carboxylic acids is 1. The van der Waals surface area contributed by atoms with Crippen LogP contribution in [-0.2, 0) is 4.79 Å². The van der Waals surface area contributed by atoms with Crippen LogP contribution in [0.25, 0.3) is 6.08 Å². The van der Waals surface area contributed by atoms with Crippen LogP contribution in [0.2, 0.25) is 0 Å². The number of carbonyl (C=O) groups is 1. The molecule has 2 aromatic rings. The fraction of sp³-hybridized carbons (Fsp3) is 0.158. The molecule has 0 aromatic heterocycles. The zero-order valence-electron chi connectivity index (χ0n) is 15.3. The van der Waals surface area contributed by atoms with Gasteiger partial charge in [-0.2, -0.15) is 0 Å². The Morgan fingerprint density at radius 3 is 2.54 bits per heavy atom. The molecule has 1 saturated heterocycles. The van der Waals surface area contributed by atoms with Crippen LogP contribution in [0, 0.1) is 17.0 Å². The summed E-state index contributed by atoms with van der Waals surface area (Å²) >= 11 is 6.55. The highest BCUT2D eigenvalue weighted by Gasteiger charge is 2.34. The standard InChI is InChI=1S/C19H16N2O5S2/c1-11-8-13(21(23)24)5-7-15(11)20-18(22)17(28-19(20)27)9-12-4-6-14(25-2)10-16(12)26-3/h4-10H,1-3H3/b17-9-. The van der Waals surface area contributed by atoms with Crippen molar-refractivity contribution in [3.8, 4) is 11.5 Å². The number of nitrogens with zero attached hydrogens (tertiary/aromatic N) is 2. The maximum Gasteiger partial charge on any atom is 0.270 e. The molecule has 1 fully saturated rings. The predicted octanol–water partition coefficient (Wildman–Crippen LogP) is 4.33. The third kappa shape index (κ3) is 3.71. The normalized spacial score (nSPS) is 15.2. The predicted molar refractivity (Wildman–Crippen MR) is 113 cm³/mol. The Morgan fingerprint density at radius 1 is 1.18 bits per heavy atom. The van der Waals surface area contributed by atoms with Gasteiger partial charge in [0.1, 0.15) is 11.5 Å². The van der Waals surface area contributed by atoms with Gasteiger partial charge in [0.2, 0.25) is 0 Å². The number of aryl methyl sites for hydroxylation is 1. The zero-order chi connectivity index (χ0) is 20.4. The number of methoxy groups -OCH3 is 2. The molecule has 144 valence electrons. The fourth-order valence-electron chi connectivity index (χ4n) is 2.76. The van der Waals surface area contributed by atoms with Gasteiger partial charge in [-0.1, -0.05) is 24.0 Å². The second kappa shape index (κ2) is 7.99. The summed E-state index contributed by atoms with van der Waals surface area (Å²) in [7, 11) is 3.10. The number of hydrogen-bond acceptors (Lipinski definition) is 7. The Hall–Kier alpha value is -2.91. The van der Waals surface area contributed by atoms with E-state index in [0.29, 0.717) is 37.5 Å². The topological polar surface area (TPSA) is 81.9 Å². The van der Waals surface area contributed by atoms with Gasteiger partial charge in [0.25, 0.3) is 11.6 Å². The van der Waals surface area contributed by atoms with Gasteiger partial charge in [-0.25, -0.2) is 0 Å². The molecular formula is C19H16N2O5S2. The maximum absolute atomic E-state index is 13.0. The highest BCUT2D eigenvalue weighted by molar-refractivity contribution is 8.27. The fourth-order valence-corrected chi connectivity index (χ4v) is 4.03. The molecule has 7 nitrogen and oxygen atoms in total. The number of amides is 1. The Balaban J connectivity index is 1.96. The summed E-state index contributed by atoms with van der Waals surface area (Å²) in [6, 6.07) is 9.61. The molecule has 0 unspecified atom stereocenters. The lowest BCUT2D eigenvalue weighted by Gasteiger charge is -2.16. The quantitative estimate of drug-likeness (QED) is 0.311. The second-order valence-corrected chi connectivity index (χ2v) is 7.53. The first-order chi connectivity index (χ1) is 13.3. The molecule has 1 aliphatic rings. The number of hydrogen-bond donors (Lipinski definition) is 0. The van der Waals surface area contributed by atoms with Gasteiger partial charge in [-0.05, 0) is 36.8 Å². The molecule has 0 atom stereocenters. The summed E-state index contributed by atoms with van der Waals surface area (Å²) in [6.07, 6.45) is 1.71. The molecule has 0 bridgehead atoms. The number of nitro benzene ring substituents is 1. The van der Waals surface area contributed by atoms with Gasteiger partial charge in [0, 0.05) is 23.8 Å². The van der Waals surface area contributed by atoms with Gasteiger partial charge >= 0.3 is 0 Å². The van der Waals surface area contributed by atoms with Crippen molar-refractivity contribution in [2.45, 2.75) is 6.92 Å². The van der Waals surface area contributed by atoms with Crippen molar-refractivity contribution in [1.82, 2.24) is 0 Å². The number of thioether (sulfide) groups is 1. The van der Waals surface area contributed by atoms with E-state index in [-0.39, 0.29) is 11.6 Å². The van der Waals surface area contributed by atoms with E-state index in [9.17, 15) is 14.9 Å². The summed E-state index contributed by atoms with van der Waals surface area (Å²) < 4.78 is 10.9. The summed E-state index contributed by atoms with van der Waals surface area (Å²) in [6.45, 7) is 1.71. The molecule has 1 amide bonds. The summed E-state index contributed by atoms with van der Waals surface area (Å²) in [5, 5.41) is 10.9. The summed E-state index contributed by atoms with van der Waals surface area (Å²) in [5.41, 5.74) is 1.79. The molecule has 1 heterocycles. The molecule has 0 radical (unpaired) electrons. The Bertz CT molecular complexity index is 1020. The number of non-ortho nitro benzene ring substituents is 1. The van der Waals surface area contributed by atoms with Crippen molar-refractivity contribution in [3.63, 3.8) is 0 Å². The maximum atomic E-state index is 13.0. The third-order valence-corrected chi connectivity index (χ3v) is 5.46. The van der Waals surface area contributed by atoms with E-state index in [2.05, 4.69) is 0 Å². The molecule has 3 rings (SSSR count). The monoisotopic (exact) mass is 416 g/mol. The lowest BCUT2D eigenvalue weighted by Crippen LogP contribution is -2.28. The van der Waals surface area contributed by atoms with Crippen LogP contribution in [0.5, 0.6) is 11.5 Å². The Labute approximate surface area is 171 Å². The minimum Gasteiger partial charge on any atom is -0.497 e. The molecule has 28 heavy (non-hydrogen) atoms. The van der Waals surface area contributed by atoms with Gasteiger partial charge < -0.3 is 9.47 Å². The Morgan fingerprint density at radius 2 is 1.93 bits per heavy atom. The largest absolute Gasteiger partial charge is 0.497 e. The first-order valence-corrected chi connectivity index (χ1v) is 9.33. The van der Waals surface area contributed by atoms with Crippen molar-refractivity contribution in [2.24, 2.45) is 0 Å². The molecule has 9 heteroatoms. The van der Waals surface area contributed by atoms with Crippen molar-refractivity contribution in [2.75, 3.05) is 19.1 Å². The van der Waals surface area contributed by atoms with Crippen molar-refractivity contribution in [1.29, 1.82) is 0 Å².